The average Bonchev–Trinajstić information content (AvgIpc) is 2.43. The van der Waals surface area contributed by atoms with Crippen molar-refractivity contribution in [3.63, 3.8) is 0 Å². The molecular weight excluding hydrogens is 361 g/mol. The summed E-state index contributed by atoms with van der Waals surface area (Å²) in [4.78, 5) is 7.29. The van der Waals surface area contributed by atoms with E-state index in [1.807, 2.05) is 0 Å². The number of aromatic nitrogens is 2. The summed E-state index contributed by atoms with van der Waals surface area (Å²) >= 11 is 17.4. The highest BCUT2D eigenvalue weighted by molar-refractivity contribution is 7.92. The van der Waals surface area contributed by atoms with Crippen LogP contribution in [0.4, 0.5) is 5.82 Å². The zero-order valence-electron chi connectivity index (χ0n) is 10.5. The number of hydrogen-bond acceptors (Lipinski definition) is 5. The van der Waals surface area contributed by atoms with Gasteiger partial charge in [0.25, 0.3) is 10.0 Å². The maximum Gasteiger partial charge on any atom is 0.263 e. The summed E-state index contributed by atoms with van der Waals surface area (Å²) < 4.78 is 31.7. The third-order valence-electron chi connectivity index (χ3n) is 2.41. The van der Waals surface area contributed by atoms with E-state index >= 15 is 0 Å². The molecule has 0 amide bonds. The van der Waals surface area contributed by atoms with Gasteiger partial charge in [-0.1, -0.05) is 34.8 Å². The summed E-state index contributed by atoms with van der Waals surface area (Å²) in [5.41, 5.74) is 0. The highest BCUT2D eigenvalue weighted by Gasteiger charge is 2.19. The topological polar surface area (TPSA) is 81.2 Å². The molecule has 0 saturated heterocycles. The Morgan fingerprint density at radius 2 is 1.90 bits per heavy atom. The van der Waals surface area contributed by atoms with Crippen LogP contribution in [0, 0.1) is 0 Å². The van der Waals surface area contributed by atoms with Crippen molar-refractivity contribution in [3.8, 4) is 5.75 Å². The van der Waals surface area contributed by atoms with Crippen LogP contribution in [0.5, 0.6) is 5.75 Å². The second kappa shape index (κ2) is 6.23. The van der Waals surface area contributed by atoms with Crippen LogP contribution in [0.3, 0.4) is 0 Å². The Bertz CT molecular complexity index is 784. The number of ether oxygens (including phenoxy) is 1. The van der Waals surface area contributed by atoms with Gasteiger partial charge in [-0.25, -0.2) is 18.4 Å². The lowest BCUT2D eigenvalue weighted by Gasteiger charge is -2.10. The van der Waals surface area contributed by atoms with Crippen LogP contribution in [-0.2, 0) is 10.0 Å². The first-order valence-corrected chi connectivity index (χ1v) is 7.99. The fourth-order valence-electron chi connectivity index (χ4n) is 1.42. The maximum atomic E-state index is 12.2. The van der Waals surface area contributed by atoms with E-state index < -0.39 is 10.0 Å². The largest absolute Gasteiger partial charge is 0.495 e. The molecule has 0 radical (unpaired) electrons. The minimum atomic E-state index is -3.92. The van der Waals surface area contributed by atoms with Gasteiger partial charge in [0.05, 0.1) is 17.0 Å². The fraction of sp³-hybridized carbons (Fsp3) is 0.0909. The quantitative estimate of drug-likeness (QED) is 0.838. The van der Waals surface area contributed by atoms with Crippen LogP contribution in [-0.4, -0.2) is 25.5 Å². The highest BCUT2D eigenvalue weighted by Crippen LogP contribution is 2.30. The molecule has 2 rings (SSSR count). The molecule has 112 valence electrons. The average molecular weight is 369 g/mol. The van der Waals surface area contributed by atoms with Crippen molar-refractivity contribution in [2.45, 2.75) is 4.90 Å². The van der Waals surface area contributed by atoms with Gasteiger partial charge in [0.2, 0.25) is 0 Å². The Kier molecular flexibility index (Phi) is 4.77. The van der Waals surface area contributed by atoms with Crippen LogP contribution in [0.25, 0.3) is 0 Å². The highest BCUT2D eigenvalue weighted by atomic mass is 35.5. The molecule has 2 aromatic rings. The Morgan fingerprint density at radius 3 is 2.52 bits per heavy atom. The molecule has 0 atom stereocenters. The molecule has 0 saturated carbocycles. The predicted molar refractivity (Wildman–Crippen MR) is 80.9 cm³/mol. The monoisotopic (exact) mass is 367 g/mol. The number of nitrogens with zero attached hydrogens (tertiary/aromatic N) is 2. The molecule has 1 aromatic carbocycles. The van der Waals surface area contributed by atoms with Gasteiger partial charge >= 0.3 is 0 Å². The van der Waals surface area contributed by atoms with Gasteiger partial charge in [-0.2, -0.15) is 0 Å². The number of halogens is 3. The van der Waals surface area contributed by atoms with E-state index in [0.29, 0.717) is 5.75 Å². The summed E-state index contributed by atoms with van der Waals surface area (Å²) in [5, 5.41) is 0.00618. The van der Waals surface area contributed by atoms with Crippen molar-refractivity contribution in [2.75, 3.05) is 11.8 Å². The predicted octanol–water partition coefficient (Wildman–Crippen LogP) is 3.25. The van der Waals surface area contributed by atoms with Crippen LogP contribution < -0.4 is 9.46 Å². The molecule has 0 unspecified atom stereocenters. The van der Waals surface area contributed by atoms with Gasteiger partial charge in [-0.3, -0.25) is 4.72 Å². The van der Waals surface area contributed by atoms with E-state index in [1.54, 1.807) is 0 Å². The van der Waals surface area contributed by atoms with Gasteiger partial charge in [0, 0.05) is 0 Å². The molecule has 21 heavy (non-hydrogen) atoms. The van der Waals surface area contributed by atoms with E-state index in [9.17, 15) is 8.42 Å². The molecule has 6 nitrogen and oxygen atoms in total. The third-order valence-corrected chi connectivity index (χ3v) is 4.78. The first-order chi connectivity index (χ1) is 9.85. The summed E-state index contributed by atoms with van der Waals surface area (Å²) in [6, 6.07) is 4.02. The second-order valence-corrected chi connectivity index (χ2v) is 6.55. The van der Waals surface area contributed by atoms with Crippen LogP contribution in [0.1, 0.15) is 0 Å². The maximum absolute atomic E-state index is 12.2. The van der Waals surface area contributed by atoms with Crippen LogP contribution in [0.15, 0.2) is 29.4 Å². The molecule has 0 aliphatic carbocycles. The number of methoxy groups -OCH3 is 1. The van der Waals surface area contributed by atoms with Crippen LogP contribution in [0.2, 0.25) is 15.2 Å². The summed E-state index contributed by atoms with van der Waals surface area (Å²) in [6.45, 7) is 0. The lowest BCUT2D eigenvalue weighted by atomic mass is 10.3. The minimum absolute atomic E-state index is 0.0582. The summed E-state index contributed by atoms with van der Waals surface area (Å²) in [6.07, 6.45) is 1.09. The van der Waals surface area contributed by atoms with Gasteiger partial charge in [0.15, 0.2) is 11.0 Å². The number of rotatable bonds is 4. The summed E-state index contributed by atoms with van der Waals surface area (Å²) in [7, 11) is -2.50. The summed E-state index contributed by atoms with van der Waals surface area (Å²) in [5.74, 6) is 0.238. The van der Waals surface area contributed by atoms with E-state index in [1.165, 1.54) is 25.3 Å². The molecule has 1 heterocycles. The lowest BCUT2D eigenvalue weighted by Crippen LogP contribution is -2.14. The number of sulfonamides is 1. The number of benzene rings is 1. The first-order valence-electron chi connectivity index (χ1n) is 5.37. The minimum Gasteiger partial charge on any atom is -0.495 e. The fourth-order valence-corrected chi connectivity index (χ4v) is 3.12. The van der Waals surface area contributed by atoms with Crippen molar-refractivity contribution < 1.29 is 13.2 Å². The van der Waals surface area contributed by atoms with Crippen molar-refractivity contribution in [1.29, 1.82) is 0 Å². The molecule has 1 aromatic heterocycles. The SMILES string of the molecule is COc1ccc(S(=O)(=O)Nc2ncnc(Cl)c2Cl)cc1Cl. The van der Waals surface area contributed by atoms with E-state index in [4.69, 9.17) is 39.5 Å². The van der Waals surface area contributed by atoms with Gasteiger partial charge < -0.3 is 4.74 Å². The van der Waals surface area contributed by atoms with E-state index in [-0.39, 0.29) is 25.9 Å². The van der Waals surface area contributed by atoms with Crippen molar-refractivity contribution in [2.24, 2.45) is 0 Å². The smallest absolute Gasteiger partial charge is 0.263 e. The molecule has 0 bridgehead atoms. The molecular formula is C11H8Cl3N3O3S. The molecule has 0 spiro atoms. The molecule has 0 aliphatic heterocycles. The molecule has 0 aliphatic rings. The van der Waals surface area contributed by atoms with Gasteiger partial charge in [-0.15, -0.1) is 0 Å². The number of hydrogen-bond donors (Lipinski definition) is 1. The molecule has 10 heteroatoms. The van der Waals surface area contributed by atoms with Crippen molar-refractivity contribution in [1.82, 2.24) is 9.97 Å². The molecule has 1 N–H and O–H groups in total. The van der Waals surface area contributed by atoms with Crippen LogP contribution >= 0.6 is 34.8 Å². The normalized spacial score (nSPS) is 11.2. The Labute approximate surface area is 136 Å². The van der Waals surface area contributed by atoms with Crippen molar-refractivity contribution in [3.05, 3.63) is 39.7 Å². The van der Waals surface area contributed by atoms with E-state index in [0.717, 1.165) is 6.33 Å². The zero-order valence-corrected chi connectivity index (χ0v) is 13.6. The van der Waals surface area contributed by atoms with Crippen molar-refractivity contribution >= 4 is 50.6 Å². The van der Waals surface area contributed by atoms with Gasteiger partial charge in [-0.05, 0) is 18.2 Å². The Balaban J connectivity index is 2.39. The van der Waals surface area contributed by atoms with Gasteiger partial charge in [0.1, 0.15) is 17.1 Å². The first kappa shape index (κ1) is 16.1. The molecule has 0 fully saturated rings. The Morgan fingerprint density at radius 1 is 1.19 bits per heavy atom. The number of anilines is 1. The standard InChI is InChI=1S/C11H8Cl3N3O3S/c1-20-8-3-2-6(4-7(8)12)21(18,19)17-11-9(13)10(14)15-5-16-11/h2-5H,1H3,(H,15,16,17). The third kappa shape index (κ3) is 3.49. The second-order valence-electron chi connectivity index (χ2n) is 3.73. The van der Waals surface area contributed by atoms with E-state index in [2.05, 4.69) is 14.7 Å². The lowest BCUT2D eigenvalue weighted by molar-refractivity contribution is 0.414. The number of nitrogens with one attached hydrogen (secondary N) is 1. The Hall–Kier alpha value is -1.28. The zero-order chi connectivity index (χ0) is 15.6.